The smallest absolute Gasteiger partial charge is 0.226 e. The van der Waals surface area contributed by atoms with Crippen LogP contribution in [-0.4, -0.2) is 36.2 Å². The third-order valence-electron chi connectivity index (χ3n) is 4.66. The van der Waals surface area contributed by atoms with Gasteiger partial charge in [0.2, 0.25) is 5.89 Å². The molecule has 2 aromatic rings. The van der Waals surface area contributed by atoms with E-state index in [2.05, 4.69) is 77.7 Å². The van der Waals surface area contributed by atoms with Crippen molar-refractivity contribution in [2.75, 3.05) is 20.1 Å². The average Bonchev–Trinajstić information content (AvgIpc) is 3.16. The van der Waals surface area contributed by atoms with Gasteiger partial charge in [0, 0.05) is 32.5 Å². The molecule has 0 spiro atoms. The summed E-state index contributed by atoms with van der Waals surface area (Å²) in [6.07, 6.45) is 3.83. The van der Waals surface area contributed by atoms with E-state index in [-0.39, 0.29) is 0 Å². The zero-order valence-electron chi connectivity index (χ0n) is 18.0. The van der Waals surface area contributed by atoms with Gasteiger partial charge in [-0.05, 0) is 36.3 Å². The molecule has 0 aliphatic rings. The van der Waals surface area contributed by atoms with Crippen LogP contribution in [0, 0.1) is 0 Å². The Balaban J connectivity index is 1.60. The van der Waals surface area contributed by atoms with Crippen molar-refractivity contribution in [1.82, 2.24) is 20.8 Å². The monoisotopic (exact) mass is 385 g/mol. The van der Waals surface area contributed by atoms with E-state index < -0.39 is 0 Å². The van der Waals surface area contributed by atoms with Crippen LogP contribution in [0.4, 0.5) is 0 Å². The molecule has 0 saturated carbocycles. The van der Waals surface area contributed by atoms with Crippen LogP contribution in [0.15, 0.2) is 33.8 Å². The number of hydrogen-bond acceptors (Lipinski definition) is 4. The molecule has 0 amide bonds. The Labute approximate surface area is 169 Å². The summed E-state index contributed by atoms with van der Waals surface area (Å²) in [5.41, 5.74) is 2.78. The fraction of sp³-hybridized carbons (Fsp3) is 0.591. The summed E-state index contributed by atoms with van der Waals surface area (Å²) in [6.45, 7) is 10.3. The standard InChI is InChI=1S/C22H35N5O/c1-16(2)19-12-10-18(11-13-19)8-6-14-24-22(23-5)25-15-7-9-20-26-21(17(3)4)27-28-20/h10-13,16-17H,6-9,14-15H2,1-5H3,(H2,23,24,25). The zero-order valence-corrected chi connectivity index (χ0v) is 18.0. The van der Waals surface area contributed by atoms with Gasteiger partial charge in [-0.15, -0.1) is 0 Å². The second-order valence-electron chi connectivity index (χ2n) is 7.73. The van der Waals surface area contributed by atoms with Gasteiger partial charge in [-0.3, -0.25) is 4.99 Å². The number of aryl methyl sites for hydroxylation is 2. The molecular formula is C22H35N5O. The minimum atomic E-state index is 0.298. The Bertz CT molecular complexity index is 719. The van der Waals surface area contributed by atoms with Crippen molar-refractivity contribution in [3.63, 3.8) is 0 Å². The fourth-order valence-electron chi connectivity index (χ4n) is 2.84. The fourth-order valence-corrected chi connectivity index (χ4v) is 2.84. The zero-order chi connectivity index (χ0) is 20.4. The molecule has 1 aromatic carbocycles. The highest BCUT2D eigenvalue weighted by Crippen LogP contribution is 2.15. The van der Waals surface area contributed by atoms with E-state index in [0.29, 0.717) is 17.7 Å². The predicted molar refractivity (Wildman–Crippen MR) is 115 cm³/mol. The summed E-state index contributed by atoms with van der Waals surface area (Å²) < 4.78 is 5.27. The predicted octanol–water partition coefficient (Wildman–Crippen LogP) is 4.05. The van der Waals surface area contributed by atoms with E-state index in [9.17, 15) is 0 Å². The summed E-state index contributed by atoms with van der Waals surface area (Å²) in [5, 5.41) is 10.7. The van der Waals surface area contributed by atoms with Gasteiger partial charge in [0.15, 0.2) is 11.8 Å². The van der Waals surface area contributed by atoms with Gasteiger partial charge in [0.05, 0.1) is 0 Å². The summed E-state index contributed by atoms with van der Waals surface area (Å²) in [7, 11) is 1.80. The SMILES string of the molecule is CN=C(NCCCc1ccc(C(C)C)cc1)NCCCc1nc(C(C)C)no1. The van der Waals surface area contributed by atoms with Crippen LogP contribution in [0.3, 0.4) is 0 Å². The van der Waals surface area contributed by atoms with Crippen LogP contribution in [0.5, 0.6) is 0 Å². The number of nitrogens with zero attached hydrogens (tertiary/aromatic N) is 3. The third kappa shape index (κ3) is 7.33. The molecule has 0 fully saturated rings. The number of guanidine groups is 1. The van der Waals surface area contributed by atoms with Gasteiger partial charge in [0.25, 0.3) is 0 Å². The lowest BCUT2D eigenvalue weighted by atomic mass is 10.0. The first-order valence-electron chi connectivity index (χ1n) is 10.4. The largest absolute Gasteiger partial charge is 0.356 e. The molecular weight excluding hydrogens is 350 g/mol. The normalized spacial score (nSPS) is 12.0. The van der Waals surface area contributed by atoms with Crippen molar-refractivity contribution in [1.29, 1.82) is 0 Å². The molecule has 0 atom stereocenters. The number of aromatic nitrogens is 2. The molecule has 0 bridgehead atoms. The quantitative estimate of drug-likeness (QED) is 0.367. The first kappa shape index (κ1) is 21.9. The second kappa shape index (κ2) is 11.5. The van der Waals surface area contributed by atoms with Gasteiger partial charge < -0.3 is 15.2 Å². The molecule has 1 heterocycles. The lowest BCUT2D eigenvalue weighted by Crippen LogP contribution is -2.38. The second-order valence-corrected chi connectivity index (χ2v) is 7.73. The van der Waals surface area contributed by atoms with E-state index >= 15 is 0 Å². The lowest BCUT2D eigenvalue weighted by molar-refractivity contribution is 0.368. The maximum atomic E-state index is 5.27. The van der Waals surface area contributed by atoms with Crippen molar-refractivity contribution in [2.24, 2.45) is 4.99 Å². The molecule has 0 aliphatic heterocycles. The molecule has 0 radical (unpaired) electrons. The number of hydrogen-bond donors (Lipinski definition) is 2. The molecule has 28 heavy (non-hydrogen) atoms. The van der Waals surface area contributed by atoms with Crippen LogP contribution < -0.4 is 10.6 Å². The summed E-state index contributed by atoms with van der Waals surface area (Å²) in [5.74, 6) is 3.20. The minimum absolute atomic E-state index is 0.298. The highest BCUT2D eigenvalue weighted by atomic mass is 16.5. The van der Waals surface area contributed by atoms with E-state index in [4.69, 9.17) is 4.52 Å². The maximum Gasteiger partial charge on any atom is 0.226 e. The molecule has 154 valence electrons. The van der Waals surface area contributed by atoms with Crippen LogP contribution >= 0.6 is 0 Å². The number of benzene rings is 1. The molecule has 6 heteroatoms. The Morgan fingerprint density at radius 1 is 0.964 bits per heavy atom. The summed E-state index contributed by atoms with van der Waals surface area (Å²) in [4.78, 5) is 8.68. The molecule has 0 aliphatic carbocycles. The topological polar surface area (TPSA) is 75.3 Å². The van der Waals surface area contributed by atoms with Gasteiger partial charge in [-0.1, -0.05) is 57.1 Å². The van der Waals surface area contributed by atoms with Crippen molar-refractivity contribution in [3.05, 3.63) is 47.1 Å². The number of nitrogens with one attached hydrogen (secondary N) is 2. The van der Waals surface area contributed by atoms with Crippen LogP contribution in [-0.2, 0) is 12.8 Å². The minimum Gasteiger partial charge on any atom is -0.356 e. The van der Waals surface area contributed by atoms with E-state index in [1.165, 1.54) is 11.1 Å². The van der Waals surface area contributed by atoms with Gasteiger partial charge in [-0.2, -0.15) is 4.98 Å². The number of aliphatic imine (C=N–C) groups is 1. The van der Waals surface area contributed by atoms with Crippen molar-refractivity contribution in [2.45, 2.75) is 65.2 Å². The Morgan fingerprint density at radius 3 is 2.14 bits per heavy atom. The molecule has 2 N–H and O–H groups in total. The Hall–Kier alpha value is -2.37. The first-order valence-corrected chi connectivity index (χ1v) is 10.4. The van der Waals surface area contributed by atoms with Crippen LogP contribution in [0.2, 0.25) is 0 Å². The van der Waals surface area contributed by atoms with Gasteiger partial charge in [-0.25, -0.2) is 0 Å². The molecule has 1 aromatic heterocycles. The number of rotatable bonds is 10. The van der Waals surface area contributed by atoms with E-state index in [1.807, 2.05) is 0 Å². The van der Waals surface area contributed by atoms with Crippen LogP contribution in [0.25, 0.3) is 0 Å². The van der Waals surface area contributed by atoms with Gasteiger partial charge in [0.1, 0.15) is 0 Å². The van der Waals surface area contributed by atoms with Gasteiger partial charge >= 0.3 is 0 Å². The molecule has 2 rings (SSSR count). The highest BCUT2D eigenvalue weighted by Gasteiger charge is 2.09. The highest BCUT2D eigenvalue weighted by molar-refractivity contribution is 5.79. The van der Waals surface area contributed by atoms with Crippen molar-refractivity contribution < 1.29 is 4.52 Å². The van der Waals surface area contributed by atoms with E-state index in [0.717, 1.165) is 50.6 Å². The average molecular weight is 386 g/mol. The Morgan fingerprint density at radius 2 is 1.61 bits per heavy atom. The van der Waals surface area contributed by atoms with Crippen LogP contribution in [0.1, 0.15) is 75.2 Å². The first-order chi connectivity index (χ1) is 13.5. The lowest BCUT2D eigenvalue weighted by Gasteiger charge is -2.11. The summed E-state index contributed by atoms with van der Waals surface area (Å²) >= 11 is 0. The molecule has 6 nitrogen and oxygen atoms in total. The maximum absolute atomic E-state index is 5.27. The Kier molecular flexibility index (Phi) is 8.98. The van der Waals surface area contributed by atoms with E-state index in [1.54, 1.807) is 7.05 Å². The van der Waals surface area contributed by atoms with Crippen molar-refractivity contribution in [3.8, 4) is 0 Å². The summed E-state index contributed by atoms with van der Waals surface area (Å²) in [6, 6.07) is 8.96. The molecule has 0 saturated heterocycles. The third-order valence-corrected chi connectivity index (χ3v) is 4.66. The molecule has 0 unspecified atom stereocenters. The van der Waals surface area contributed by atoms with Crippen molar-refractivity contribution >= 4 is 5.96 Å².